The van der Waals surface area contributed by atoms with Crippen molar-refractivity contribution in [2.24, 2.45) is 0 Å². The second kappa shape index (κ2) is 6.52. The zero-order valence-electron chi connectivity index (χ0n) is 10.4. The van der Waals surface area contributed by atoms with E-state index in [0.29, 0.717) is 6.04 Å². The van der Waals surface area contributed by atoms with Gasteiger partial charge in [0.2, 0.25) is 0 Å². The zero-order valence-corrected chi connectivity index (χ0v) is 11.2. The van der Waals surface area contributed by atoms with Crippen LogP contribution < -0.4 is 5.32 Å². The summed E-state index contributed by atoms with van der Waals surface area (Å²) in [5, 5.41) is 3.34. The smallest absolute Gasteiger partial charge is 0.382 e. The molecule has 1 fully saturated rings. The maximum Gasteiger partial charge on any atom is 0.446 e. The zero-order chi connectivity index (χ0) is 13.7. The van der Waals surface area contributed by atoms with Gasteiger partial charge in [-0.25, -0.2) is 0 Å². The molecule has 1 aliphatic rings. The standard InChI is InChI=1S/C13H16F3NOS/c14-13(15,16)19-12-5-3-11(4-6-12)17-10-2-1-8-18-9-7-10/h3-6,10,17H,1-2,7-9H2. The monoisotopic (exact) mass is 291 g/mol. The van der Waals surface area contributed by atoms with Crippen molar-refractivity contribution in [1.82, 2.24) is 0 Å². The normalized spacial score (nSPS) is 20.9. The predicted molar refractivity (Wildman–Crippen MR) is 70.4 cm³/mol. The average molecular weight is 291 g/mol. The largest absolute Gasteiger partial charge is 0.446 e. The molecule has 106 valence electrons. The number of ether oxygens (including phenoxy) is 1. The molecule has 6 heteroatoms. The molecule has 19 heavy (non-hydrogen) atoms. The third-order valence-electron chi connectivity index (χ3n) is 2.91. The maximum absolute atomic E-state index is 12.2. The van der Waals surface area contributed by atoms with Gasteiger partial charge < -0.3 is 10.1 Å². The fraction of sp³-hybridized carbons (Fsp3) is 0.538. The third-order valence-corrected chi connectivity index (χ3v) is 3.65. The first kappa shape index (κ1) is 14.5. The molecule has 1 saturated heterocycles. The van der Waals surface area contributed by atoms with Crippen LogP contribution >= 0.6 is 11.8 Å². The number of anilines is 1. The highest BCUT2D eigenvalue weighted by atomic mass is 32.2. The summed E-state index contributed by atoms with van der Waals surface area (Å²) in [6.45, 7) is 1.53. The van der Waals surface area contributed by atoms with Gasteiger partial charge in [0.25, 0.3) is 0 Å². The van der Waals surface area contributed by atoms with Gasteiger partial charge in [-0.3, -0.25) is 0 Å². The van der Waals surface area contributed by atoms with E-state index in [-0.39, 0.29) is 16.7 Å². The highest BCUT2D eigenvalue weighted by Gasteiger charge is 2.29. The Kier molecular flexibility index (Phi) is 4.99. The Balaban J connectivity index is 1.90. The molecule has 0 saturated carbocycles. The molecule has 1 aliphatic heterocycles. The molecule has 0 radical (unpaired) electrons. The molecule has 1 atom stereocenters. The summed E-state index contributed by atoms with van der Waals surface area (Å²) >= 11 is -0.0889. The topological polar surface area (TPSA) is 21.3 Å². The van der Waals surface area contributed by atoms with Gasteiger partial charge in [-0.05, 0) is 55.3 Å². The minimum absolute atomic E-state index is 0.0889. The molecule has 0 aliphatic carbocycles. The van der Waals surface area contributed by atoms with Gasteiger partial charge in [0.05, 0.1) is 0 Å². The van der Waals surface area contributed by atoms with E-state index in [1.165, 1.54) is 12.1 Å². The van der Waals surface area contributed by atoms with Crippen molar-refractivity contribution < 1.29 is 17.9 Å². The van der Waals surface area contributed by atoms with Crippen molar-refractivity contribution in [3.63, 3.8) is 0 Å². The molecule has 2 rings (SSSR count). The summed E-state index contributed by atoms with van der Waals surface area (Å²) in [6.07, 6.45) is 2.97. The van der Waals surface area contributed by atoms with Gasteiger partial charge in [0, 0.05) is 29.8 Å². The lowest BCUT2D eigenvalue weighted by atomic mass is 10.1. The van der Waals surface area contributed by atoms with Crippen LogP contribution in [0.25, 0.3) is 0 Å². The van der Waals surface area contributed by atoms with E-state index in [1.807, 2.05) is 0 Å². The van der Waals surface area contributed by atoms with E-state index in [1.54, 1.807) is 12.1 Å². The lowest BCUT2D eigenvalue weighted by Gasteiger charge is -2.17. The van der Waals surface area contributed by atoms with Gasteiger partial charge in [-0.15, -0.1) is 0 Å². The molecule has 0 spiro atoms. The first-order chi connectivity index (χ1) is 9.03. The number of rotatable bonds is 3. The molecule has 0 bridgehead atoms. The molecular formula is C13H16F3NOS. The highest BCUT2D eigenvalue weighted by molar-refractivity contribution is 8.00. The molecular weight excluding hydrogens is 275 g/mol. The number of halogens is 3. The summed E-state index contributed by atoms with van der Waals surface area (Å²) in [7, 11) is 0. The van der Waals surface area contributed by atoms with Crippen LogP contribution in [-0.4, -0.2) is 24.8 Å². The fourth-order valence-corrected chi connectivity index (χ4v) is 2.58. The van der Waals surface area contributed by atoms with E-state index in [0.717, 1.165) is 38.2 Å². The summed E-state index contributed by atoms with van der Waals surface area (Å²) in [5.74, 6) is 0. The number of hydrogen-bond donors (Lipinski definition) is 1. The van der Waals surface area contributed by atoms with Crippen LogP contribution in [-0.2, 0) is 4.74 Å². The second-order valence-electron chi connectivity index (χ2n) is 4.46. The summed E-state index contributed by atoms with van der Waals surface area (Å²) in [4.78, 5) is 0.210. The predicted octanol–water partition coefficient (Wildman–Crippen LogP) is 4.28. The van der Waals surface area contributed by atoms with Crippen molar-refractivity contribution in [2.75, 3.05) is 18.5 Å². The van der Waals surface area contributed by atoms with E-state index < -0.39 is 5.51 Å². The summed E-state index contributed by atoms with van der Waals surface area (Å²) in [5.41, 5.74) is -3.37. The minimum Gasteiger partial charge on any atom is -0.382 e. The Labute approximate surface area is 114 Å². The van der Waals surface area contributed by atoms with Gasteiger partial charge in [0.15, 0.2) is 0 Å². The molecule has 1 unspecified atom stereocenters. The summed E-state index contributed by atoms with van der Waals surface area (Å²) in [6, 6.07) is 6.71. The first-order valence-electron chi connectivity index (χ1n) is 6.23. The Morgan fingerprint density at radius 3 is 2.53 bits per heavy atom. The third kappa shape index (κ3) is 5.32. The lowest BCUT2D eigenvalue weighted by molar-refractivity contribution is -0.0328. The van der Waals surface area contributed by atoms with Crippen molar-refractivity contribution >= 4 is 17.4 Å². The van der Waals surface area contributed by atoms with Crippen molar-refractivity contribution in [2.45, 2.75) is 35.7 Å². The van der Waals surface area contributed by atoms with E-state index in [2.05, 4.69) is 5.32 Å². The number of nitrogens with one attached hydrogen (secondary N) is 1. The van der Waals surface area contributed by atoms with Gasteiger partial charge in [-0.1, -0.05) is 0 Å². The van der Waals surface area contributed by atoms with E-state index in [9.17, 15) is 13.2 Å². The number of thioether (sulfide) groups is 1. The van der Waals surface area contributed by atoms with Crippen molar-refractivity contribution in [1.29, 1.82) is 0 Å². The molecule has 0 amide bonds. The lowest BCUT2D eigenvalue weighted by Crippen LogP contribution is -2.19. The van der Waals surface area contributed by atoms with Crippen LogP contribution in [0.5, 0.6) is 0 Å². The van der Waals surface area contributed by atoms with Crippen LogP contribution in [0.3, 0.4) is 0 Å². The van der Waals surface area contributed by atoms with Gasteiger partial charge in [-0.2, -0.15) is 13.2 Å². The Bertz CT molecular complexity index is 386. The number of alkyl halides is 3. The molecule has 0 aromatic heterocycles. The maximum atomic E-state index is 12.2. The Hall–Kier alpha value is -0.880. The second-order valence-corrected chi connectivity index (χ2v) is 5.60. The van der Waals surface area contributed by atoms with Gasteiger partial charge >= 0.3 is 5.51 Å². The van der Waals surface area contributed by atoms with Gasteiger partial charge in [0.1, 0.15) is 0 Å². The van der Waals surface area contributed by atoms with Crippen molar-refractivity contribution in [3.05, 3.63) is 24.3 Å². The number of hydrogen-bond acceptors (Lipinski definition) is 3. The van der Waals surface area contributed by atoms with Crippen LogP contribution in [0.2, 0.25) is 0 Å². The van der Waals surface area contributed by atoms with Crippen LogP contribution in [0.15, 0.2) is 29.2 Å². The molecule has 2 nitrogen and oxygen atoms in total. The van der Waals surface area contributed by atoms with E-state index >= 15 is 0 Å². The highest BCUT2D eigenvalue weighted by Crippen LogP contribution is 2.37. The molecule has 1 heterocycles. The quantitative estimate of drug-likeness (QED) is 0.840. The van der Waals surface area contributed by atoms with Crippen LogP contribution in [0, 0.1) is 0 Å². The average Bonchev–Trinajstić information content (AvgIpc) is 2.58. The fourth-order valence-electron chi connectivity index (χ4n) is 2.04. The van der Waals surface area contributed by atoms with Crippen LogP contribution in [0.4, 0.5) is 18.9 Å². The first-order valence-corrected chi connectivity index (χ1v) is 7.05. The van der Waals surface area contributed by atoms with E-state index in [4.69, 9.17) is 4.74 Å². The molecule has 1 aromatic carbocycles. The minimum atomic E-state index is -4.23. The molecule has 1 aromatic rings. The number of benzene rings is 1. The Morgan fingerprint density at radius 2 is 1.84 bits per heavy atom. The molecule has 1 N–H and O–H groups in total. The summed E-state index contributed by atoms with van der Waals surface area (Å²) < 4.78 is 41.9. The van der Waals surface area contributed by atoms with Crippen molar-refractivity contribution in [3.8, 4) is 0 Å². The Morgan fingerprint density at radius 1 is 1.11 bits per heavy atom. The SMILES string of the molecule is FC(F)(F)Sc1ccc(NC2CCCOCC2)cc1. The van der Waals surface area contributed by atoms with Crippen LogP contribution in [0.1, 0.15) is 19.3 Å².